The van der Waals surface area contributed by atoms with Gasteiger partial charge in [-0.15, -0.1) is 0 Å². The fraction of sp³-hybridized carbons (Fsp3) is 0. The quantitative estimate of drug-likeness (QED) is 0.341. The summed E-state index contributed by atoms with van der Waals surface area (Å²) in [7, 11) is 0. The van der Waals surface area contributed by atoms with E-state index in [1.54, 1.807) is 6.07 Å². The first-order valence-corrected chi connectivity index (χ1v) is 4.87. The number of amidine groups is 1. The Balaban J connectivity index is 2.44. The van der Waals surface area contributed by atoms with Crippen molar-refractivity contribution >= 4 is 5.84 Å². The van der Waals surface area contributed by atoms with Gasteiger partial charge in [0.05, 0.1) is 5.69 Å². The lowest BCUT2D eigenvalue weighted by molar-refractivity contribution is 1.19. The second kappa shape index (κ2) is 4.44. The van der Waals surface area contributed by atoms with Crippen LogP contribution in [0.4, 0.5) is 0 Å². The SMILES string of the molecule is N/N=C(\N)c1cccc(-c2ccccc2)n1. The molecule has 0 amide bonds. The normalized spacial score (nSPS) is 11.4. The van der Waals surface area contributed by atoms with Crippen LogP contribution in [0.2, 0.25) is 0 Å². The molecule has 1 heterocycles. The van der Waals surface area contributed by atoms with Crippen molar-refractivity contribution in [2.75, 3.05) is 0 Å². The zero-order chi connectivity index (χ0) is 11.4. The molecule has 1 aromatic heterocycles. The van der Waals surface area contributed by atoms with Crippen molar-refractivity contribution in [3.05, 3.63) is 54.2 Å². The van der Waals surface area contributed by atoms with E-state index in [2.05, 4.69) is 10.1 Å². The molecule has 0 saturated carbocycles. The molecule has 0 radical (unpaired) electrons. The summed E-state index contributed by atoms with van der Waals surface area (Å²) in [6.07, 6.45) is 0. The summed E-state index contributed by atoms with van der Waals surface area (Å²) in [5, 5.41) is 3.43. The lowest BCUT2D eigenvalue weighted by Gasteiger charge is -2.03. The van der Waals surface area contributed by atoms with Crippen LogP contribution in [0.5, 0.6) is 0 Å². The van der Waals surface area contributed by atoms with E-state index >= 15 is 0 Å². The van der Waals surface area contributed by atoms with E-state index in [9.17, 15) is 0 Å². The number of nitrogens with zero attached hydrogens (tertiary/aromatic N) is 2. The van der Waals surface area contributed by atoms with Crippen LogP contribution in [-0.4, -0.2) is 10.8 Å². The van der Waals surface area contributed by atoms with Crippen LogP contribution in [0.1, 0.15) is 5.69 Å². The molecule has 0 saturated heterocycles. The van der Waals surface area contributed by atoms with Gasteiger partial charge in [0.15, 0.2) is 5.84 Å². The minimum absolute atomic E-state index is 0.234. The summed E-state index contributed by atoms with van der Waals surface area (Å²) < 4.78 is 0. The van der Waals surface area contributed by atoms with Crippen LogP contribution < -0.4 is 11.6 Å². The predicted molar refractivity (Wildman–Crippen MR) is 64.6 cm³/mol. The average molecular weight is 212 g/mol. The number of rotatable bonds is 2. The highest BCUT2D eigenvalue weighted by molar-refractivity contribution is 5.95. The highest BCUT2D eigenvalue weighted by Crippen LogP contribution is 2.16. The number of hydrogen-bond acceptors (Lipinski definition) is 3. The molecule has 4 nitrogen and oxygen atoms in total. The van der Waals surface area contributed by atoms with Gasteiger partial charge in [-0.1, -0.05) is 36.4 Å². The molecule has 4 N–H and O–H groups in total. The first-order valence-electron chi connectivity index (χ1n) is 4.87. The van der Waals surface area contributed by atoms with Crippen molar-refractivity contribution in [3.63, 3.8) is 0 Å². The molecule has 4 heteroatoms. The van der Waals surface area contributed by atoms with Gasteiger partial charge >= 0.3 is 0 Å². The molecule has 1 aromatic carbocycles. The summed E-state index contributed by atoms with van der Waals surface area (Å²) in [6, 6.07) is 15.4. The van der Waals surface area contributed by atoms with Gasteiger partial charge in [0.25, 0.3) is 0 Å². The van der Waals surface area contributed by atoms with Crippen molar-refractivity contribution in [3.8, 4) is 11.3 Å². The number of benzene rings is 1. The molecule has 0 unspecified atom stereocenters. The topological polar surface area (TPSA) is 77.3 Å². The number of nitrogens with two attached hydrogens (primary N) is 2. The van der Waals surface area contributed by atoms with Crippen molar-refractivity contribution in [1.29, 1.82) is 0 Å². The van der Waals surface area contributed by atoms with Crippen molar-refractivity contribution < 1.29 is 0 Å². The third kappa shape index (κ3) is 2.00. The van der Waals surface area contributed by atoms with E-state index in [1.807, 2.05) is 42.5 Å². The molecule has 0 spiro atoms. The van der Waals surface area contributed by atoms with E-state index in [-0.39, 0.29) is 5.84 Å². The van der Waals surface area contributed by atoms with Crippen molar-refractivity contribution in [1.82, 2.24) is 4.98 Å². The maximum absolute atomic E-state index is 5.60. The molecule has 0 aliphatic heterocycles. The third-order valence-corrected chi connectivity index (χ3v) is 2.22. The lowest BCUT2D eigenvalue weighted by Crippen LogP contribution is -2.17. The van der Waals surface area contributed by atoms with Gasteiger partial charge < -0.3 is 11.6 Å². The predicted octanol–water partition coefficient (Wildman–Crippen LogP) is 1.33. The standard InChI is InChI=1S/C12H12N4/c13-12(16-14)11-8-4-7-10(15-11)9-5-2-1-3-6-9/h1-8H,14H2,(H2,13,16). The van der Waals surface area contributed by atoms with Gasteiger partial charge in [0.1, 0.15) is 5.69 Å². The Hall–Kier alpha value is -2.36. The van der Waals surface area contributed by atoms with Crippen LogP contribution in [0.25, 0.3) is 11.3 Å². The third-order valence-electron chi connectivity index (χ3n) is 2.22. The van der Waals surface area contributed by atoms with Gasteiger partial charge in [0.2, 0.25) is 0 Å². The van der Waals surface area contributed by atoms with Gasteiger partial charge in [-0.25, -0.2) is 4.98 Å². The maximum Gasteiger partial charge on any atom is 0.168 e. The van der Waals surface area contributed by atoms with Gasteiger partial charge in [-0.3, -0.25) is 0 Å². The number of pyridine rings is 1. The Labute approximate surface area is 93.6 Å². The Morgan fingerprint density at radius 3 is 2.44 bits per heavy atom. The summed E-state index contributed by atoms with van der Waals surface area (Å²) in [4.78, 5) is 4.38. The van der Waals surface area contributed by atoms with Crippen LogP contribution in [-0.2, 0) is 0 Å². The molecule has 0 aliphatic rings. The van der Waals surface area contributed by atoms with E-state index in [0.717, 1.165) is 11.3 Å². The van der Waals surface area contributed by atoms with E-state index in [1.165, 1.54) is 0 Å². The molecule has 0 atom stereocenters. The Morgan fingerprint density at radius 2 is 1.75 bits per heavy atom. The van der Waals surface area contributed by atoms with E-state index < -0.39 is 0 Å². The zero-order valence-electron chi connectivity index (χ0n) is 8.67. The van der Waals surface area contributed by atoms with Gasteiger partial charge in [-0.2, -0.15) is 5.10 Å². The molecular formula is C12H12N4. The Morgan fingerprint density at radius 1 is 1.00 bits per heavy atom. The Kier molecular flexibility index (Phi) is 2.82. The first kappa shape index (κ1) is 10.2. The largest absolute Gasteiger partial charge is 0.380 e. The van der Waals surface area contributed by atoms with Crippen LogP contribution in [0.15, 0.2) is 53.6 Å². The molecule has 2 aromatic rings. The highest BCUT2D eigenvalue weighted by Gasteiger charge is 2.02. The maximum atomic E-state index is 5.60. The minimum Gasteiger partial charge on any atom is -0.380 e. The molecule has 16 heavy (non-hydrogen) atoms. The summed E-state index contributed by atoms with van der Waals surface area (Å²) >= 11 is 0. The highest BCUT2D eigenvalue weighted by atomic mass is 15.2. The van der Waals surface area contributed by atoms with Crippen LogP contribution in [0, 0.1) is 0 Å². The summed E-state index contributed by atoms with van der Waals surface area (Å²) in [6.45, 7) is 0. The smallest absolute Gasteiger partial charge is 0.168 e. The molecule has 80 valence electrons. The van der Waals surface area contributed by atoms with Crippen LogP contribution >= 0.6 is 0 Å². The zero-order valence-corrected chi connectivity index (χ0v) is 8.67. The monoisotopic (exact) mass is 212 g/mol. The average Bonchev–Trinajstić information content (AvgIpc) is 2.39. The summed E-state index contributed by atoms with van der Waals surface area (Å²) in [5.74, 6) is 5.35. The minimum atomic E-state index is 0.234. The second-order valence-corrected chi connectivity index (χ2v) is 3.29. The molecule has 0 fully saturated rings. The van der Waals surface area contributed by atoms with E-state index in [0.29, 0.717) is 5.69 Å². The molecular weight excluding hydrogens is 200 g/mol. The van der Waals surface area contributed by atoms with Crippen LogP contribution in [0.3, 0.4) is 0 Å². The number of aromatic nitrogens is 1. The number of hydrazone groups is 1. The molecule has 0 bridgehead atoms. The van der Waals surface area contributed by atoms with Crippen molar-refractivity contribution in [2.24, 2.45) is 16.7 Å². The Bertz CT molecular complexity index is 505. The lowest BCUT2D eigenvalue weighted by atomic mass is 10.1. The summed E-state index contributed by atoms with van der Waals surface area (Å²) in [5.41, 5.74) is 8.08. The van der Waals surface area contributed by atoms with E-state index in [4.69, 9.17) is 11.6 Å². The number of hydrogen-bond donors (Lipinski definition) is 2. The van der Waals surface area contributed by atoms with Gasteiger partial charge in [-0.05, 0) is 12.1 Å². The second-order valence-electron chi connectivity index (χ2n) is 3.29. The fourth-order valence-electron chi connectivity index (χ4n) is 1.41. The fourth-order valence-corrected chi connectivity index (χ4v) is 1.41. The van der Waals surface area contributed by atoms with Crippen molar-refractivity contribution in [2.45, 2.75) is 0 Å². The molecule has 2 rings (SSSR count). The van der Waals surface area contributed by atoms with Gasteiger partial charge in [0, 0.05) is 5.56 Å². The molecule has 0 aliphatic carbocycles. The first-order chi connectivity index (χ1) is 7.81.